The number of hydrogen-bond acceptors (Lipinski definition) is 2. The summed E-state index contributed by atoms with van der Waals surface area (Å²) < 4.78 is 2.27. The Bertz CT molecular complexity index is 1300. The Morgan fingerprint density at radius 3 is 2.27 bits per heavy atom. The van der Waals surface area contributed by atoms with E-state index < -0.39 is 0 Å². The first-order chi connectivity index (χ1) is 15.9. The largest absolute Gasteiger partial charge is 0.351 e. The lowest BCUT2D eigenvalue weighted by Gasteiger charge is -2.28. The maximum Gasteiger partial charge on any atom is 0.174 e. The molecule has 6 heteroatoms. The second kappa shape index (κ2) is 8.65. The molecule has 0 aliphatic carbocycles. The van der Waals surface area contributed by atoms with Crippen LogP contribution in [0.1, 0.15) is 40.3 Å². The molecule has 1 aliphatic rings. The first-order valence-electron chi connectivity index (χ1n) is 11.0. The van der Waals surface area contributed by atoms with E-state index in [0.29, 0.717) is 5.11 Å². The number of nitrogens with zero attached hydrogens (tertiary/aromatic N) is 3. The molecule has 2 aromatic heterocycles. The SMILES string of the molecule is Cc1ccc(N2C(=S)N[C@@H](c3ccccn3)[C@H]2c2cc(C)n(-c3ccc(Cl)cc3)c2C)cc1. The number of aryl methyl sites for hydroxylation is 2. The van der Waals surface area contributed by atoms with E-state index in [0.717, 1.165) is 27.8 Å². The molecule has 4 aromatic rings. The van der Waals surface area contributed by atoms with Gasteiger partial charge in [0.1, 0.15) is 0 Å². The van der Waals surface area contributed by atoms with Crippen molar-refractivity contribution < 1.29 is 0 Å². The third-order valence-electron chi connectivity index (χ3n) is 6.28. The molecule has 0 radical (unpaired) electrons. The summed E-state index contributed by atoms with van der Waals surface area (Å²) >= 11 is 12.0. The predicted octanol–water partition coefficient (Wildman–Crippen LogP) is 6.63. The maximum absolute atomic E-state index is 6.14. The lowest BCUT2D eigenvalue weighted by atomic mass is 9.96. The quantitative estimate of drug-likeness (QED) is 0.338. The number of pyridine rings is 1. The monoisotopic (exact) mass is 472 g/mol. The Morgan fingerprint density at radius 1 is 0.909 bits per heavy atom. The maximum atomic E-state index is 6.14. The Labute approximate surface area is 204 Å². The van der Waals surface area contributed by atoms with Crippen molar-refractivity contribution in [3.63, 3.8) is 0 Å². The number of hydrogen-bond donors (Lipinski definition) is 1. The number of rotatable bonds is 4. The second-order valence-corrected chi connectivity index (χ2v) is 9.29. The van der Waals surface area contributed by atoms with E-state index in [1.54, 1.807) is 0 Å². The molecule has 0 saturated carbocycles. The molecule has 33 heavy (non-hydrogen) atoms. The second-order valence-electron chi connectivity index (χ2n) is 8.47. The van der Waals surface area contributed by atoms with Gasteiger partial charge >= 0.3 is 0 Å². The Kier molecular flexibility index (Phi) is 5.69. The van der Waals surface area contributed by atoms with Gasteiger partial charge in [0.25, 0.3) is 0 Å². The number of benzene rings is 2. The average molecular weight is 473 g/mol. The molecule has 0 bridgehead atoms. The van der Waals surface area contributed by atoms with Crippen LogP contribution >= 0.6 is 23.8 Å². The molecule has 1 fully saturated rings. The smallest absolute Gasteiger partial charge is 0.174 e. The van der Waals surface area contributed by atoms with Crippen molar-refractivity contribution in [2.45, 2.75) is 32.9 Å². The van der Waals surface area contributed by atoms with E-state index in [4.69, 9.17) is 23.8 Å². The lowest BCUT2D eigenvalue weighted by molar-refractivity contribution is 0.565. The molecule has 2 aromatic carbocycles. The topological polar surface area (TPSA) is 33.1 Å². The highest BCUT2D eigenvalue weighted by Gasteiger charge is 2.42. The van der Waals surface area contributed by atoms with Gasteiger partial charge in [0, 0.05) is 34.0 Å². The Hall–Kier alpha value is -3.15. The summed E-state index contributed by atoms with van der Waals surface area (Å²) in [7, 11) is 0. The van der Waals surface area contributed by atoms with Gasteiger partial charge in [-0.3, -0.25) is 4.98 Å². The zero-order chi connectivity index (χ0) is 23.1. The summed E-state index contributed by atoms with van der Waals surface area (Å²) in [6, 6.07) is 24.7. The van der Waals surface area contributed by atoms with Gasteiger partial charge in [-0.05, 0) is 93.1 Å². The molecule has 2 atom stereocenters. The van der Waals surface area contributed by atoms with Gasteiger partial charge in [0.15, 0.2) is 5.11 Å². The fourth-order valence-corrected chi connectivity index (χ4v) is 5.20. The molecule has 3 heterocycles. The van der Waals surface area contributed by atoms with Crippen LogP contribution < -0.4 is 10.2 Å². The van der Waals surface area contributed by atoms with Crippen LogP contribution in [0.4, 0.5) is 5.69 Å². The van der Waals surface area contributed by atoms with Crippen molar-refractivity contribution >= 4 is 34.6 Å². The molecule has 0 spiro atoms. The van der Waals surface area contributed by atoms with Gasteiger partial charge in [-0.15, -0.1) is 0 Å². The van der Waals surface area contributed by atoms with Crippen molar-refractivity contribution in [1.82, 2.24) is 14.9 Å². The van der Waals surface area contributed by atoms with Crippen LogP contribution in [0, 0.1) is 20.8 Å². The van der Waals surface area contributed by atoms with Crippen molar-refractivity contribution in [3.05, 3.63) is 112 Å². The molecule has 4 nitrogen and oxygen atoms in total. The fraction of sp³-hybridized carbons (Fsp3) is 0.185. The van der Waals surface area contributed by atoms with Crippen LogP contribution in [0.25, 0.3) is 5.69 Å². The zero-order valence-corrected chi connectivity index (χ0v) is 20.4. The van der Waals surface area contributed by atoms with Gasteiger partial charge in [-0.1, -0.05) is 35.4 Å². The Morgan fingerprint density at radius 2 is 1.61 bits per heavy atom. The van der Waals surface area contributed by atoms with Crippen molar-refractivity contribution in [2.75, 3.05) is 4.90 Å². The van der Waals surface area contributed by atoms with Gasteiger partial charge in [-0.2, -0.15) is 0 Å². The number of thiocarbonyl (C=S) groups is 1. The van der Waals surface area contributed by atoms with Gasteiger partial charge in [-0.25, -0.2) is 0 Å². The summed E-state index contributed by atoms with van der Waals surface area (Å²) in [5, 5.41) is 4.99. The molecule has 0 unspecified atom stereocenters. The number of halogens is 1. The molecule has 1 N–H and O–H groups in total. The van der Waals surface area contributed by atoms with Crippen LogP contribution in [-0.4, -0.2) is 14.7 Å². The minimum Gasteiger partial charge on any atom is -0.351 e. The molecular formula is C27H25ClN4S. The molecule has 1 saturated heterocycles. The standard InChI is InChI=1S/C27H25ClN4S/c1-17-7-11-22(12-8-17)32-26(25(30-27(32)33)24-6-4-5-15-29-24)23-16-18(2)31(19(23)3)21-13-9-20(28)10-14-21/h4-16,25-26H,1-3H3,(H,30,33)/t25-,26+/m0/s1. The third kappa shape index (κ3) is 3.92. The average Bonchev–Trinajstić information content (AvgIpc) is 3.31. The summed E-state index contributed by atoms with van der Waals surface area (Å²) in [6.07, 6.45) is 1.84. The van der Waals surface area contributed by atoms with E-state index in [1.165, 1.54) is 16.8 Å². The summed E-state index contributed by atoms with van der Waals surface area (Å²) in [5.74, 6) is 0. The normalized spacial score (nSPS) is 17.9. The fourth-order valence-electron chi connectivity index (χ4n) is 4.73. The summed E-state index contributed by atoms with van der Waals surface area (Å²) in [5.41, 5.74) is 7.89. The first-order valence-corrected chi connectivity index (χ1v) is 11.7. The highest BCUT2D eigenvalue weighted by Crippen LogP contribution is 2.43. The predicted molar refractivity (Wildman–Crippen MR) is 139 cm³/mol. The van der Waals surface area contributed by atoms with Crippen molar-refractivity contribution in [3.8, 4) is 5.69 Å². The highest BCUT2D eigenvalue weighted by molar-refractivity contribution is 7.80. The Balaban J connectivity index is 1.67. The van der Waals surface area contributed by atoms with E-state index in [-0.39, 0.29) is 12.1 Å². The van der Waals surface area contributed by atoms with Crippen LogP contribution in [-0.2, 0) is 0 Å². The molecule has 1 aliphatic heterocycles. The first kappa shape index (κ1) is 21.7. The van der Waals surface area contributed by atoms with Crippen molar-refractivity contribution in [1.29, 1.82) is 0 Å². The lowest BCUT2D eigenvalue weighted by Crippen LogP contribution is -2.29. The molecule has 0 amide bonds. The van der Waals surface area contributed by atoms with Crippen LogP contribution in [0.3, 0.4) is 0 Å². The molecule has 166 valence electrons. The highest BCUT2D eigenvalue weighted by atomic mass is 35.5. The van der Waals surface area contributed by atoms with Crippen molar-refractivity contribution in [2.24, 2.45) is 0 Å². The molecular weight excluding hydrogens is 448 g/mol. The van der Waals surface area contributed by atoms with Gasteiger partial charge < -0.3 is 14.8 Å². The van der Waals surface area contributed by atoms with E-state index in [1.807, 2.05) is 30.5 Å². The van der Waals surface area contributed by atoms with E-state index in [2.05, 4.69) is 89.1 Å². The van der Waals surface area contributed by atoms with E-state index in [9.17, 15) is 0 Å². The van der Waals surface area contributed by atoms with Crippen LogP contribution in [0.2, 0.25) is 5.02 Å². The molecule has 5 rings (SSSR count). The third-order valence-corrected chi connectivity index (χ3v) is 6.85. The van der Waals surface area contributed by atoms with Crippen LogP contribution in [0.5, 0.6) is 0 Å². The number of anilines is 1. The van der Waals surface area contributed by atoms with Crippen LogP contribution in [0.15, 0.2) is 79.0 Å². The minimum absolute atomic E-state index is 0.0395. The number of aromatic nitrogens is 2. The summed E-state index contributed by atoms with van der Waals surface area (Å²) in [6.45, 7) is 6.40. The van der Waals surface area contributed by atoms with Gasteiger partial charge in [0.05, 0.1) is 17.8 Å². The number of nitrogens with one attached hydrogen (secondary N) is 1. The minimum atomic E-state index is -0.0702. The van der Waals surface area contributed by atoms with Gasteiger partial charge in [0.2, 0.25) is 0 Å². The summed E-state index contributed by atoms with van der Waals surface area (Å²) in [4.78, 5) is 6.89. The zero-order valence-electron chi connectivity index (χ0n) is 18.8. The van der Waals surface area contributed by atoms with E-state index >= 15 is 0 Å².